The second-order valence-corrected chi connectivity index (χ2v) is 9.27. The van der Waals surface area contributed by atoms with E-state index in [1.54, 1.807) is 12.3 Å². The Morgan fingerprint density at radius 1 is 1.17 bits per heavy atom. The number of nitrogens with zero attached hydrogens (tertiary/aromatic N) is 5. The van der Waals surface area contributed by atoms with E-state index in [9.17, 15) is 14.9 Å². The van der Waals surface area contributed by atoms with Gasteiger partial charge in [-0.1, -0.05) is 12.1 Å². The number of pyridine rings is 3. The molecule has 0 bridgehead atoms. The van der Waals surface area contributed by atoms with E-state index in [1.807, 2.05) is 49.6 Å². The van der Waals surface area contributed by atoms with Gasteiger partial charge in [0, 0.05) is 72.8 Å². The van der Waals surface area contributed by atoms with Gasteiger partial charge in [-0.05, 0) is 65.6 Å². The average molecular weight is 485 g/mol. The Labute approximate surface area is 208 Å². The molecule has 1 unspecified atom stereocenters. The molecule has 0 saturated carbocycles. The number of para-hydroxylation sites is 1. The molecule has 1 aliphatic heterocycles. The third-order valence-electron chi connectivity index (χ3n) is 6.78. The number of benzene rings is 1. The Balaban J connectivity index is 1.43. The topological polar surface area (TPSA) is 108 Å². The number of nitro groups is 1. The molecular formula is C27H28N6O3. The third kappa shape index (κ3) is 5.11. The summed E-state index contributed by atoms with van der Waals surface area (Å²) in [5.74, 6) is -0.155. The van der Waals surface area contributed by atoms with Crippen molar-refractivity contribution in [3.63, 3.8) is 0 Å². The fourth-order valence-electron chi connectivity index (χ4n) is 4.96. The van der Waals surface area contributed by atoms with Gasteiger partial charge in [0.15, 0.2) is 11.6 Å². The average Bonchev–Trinajstić information content (AvgIpc) is 2.90. The van der Waals surface area contributed by atoms with Crippen LogP contribution >= 0.6 is 0 Å². The Morgan fingerprint density at radius 2 is 2.03 bits per heavy atom. The van der Waals surface area contributed by atoms with E-state index >= 15 is 0 Å². The largest absolute Gasteiger partial charge is 0.367 e. The summed E-state index contributed by atoms with van der Waals surface area (Å²) in [6.45, 7) is 4.78. The first-order valence-corrected chi connectivity index (χ1v) is 12.1. The molecule has 1 saturated heterocycles. The van der Waals surface area contributed by atoms with Gasteiger partial charge in [-0.15, -0.1) is 0 Å². The molecule has 0 spiro atoms. The molecule has 0 amide bonds. The van der Waals surface area contributed by atoms with Crippen LogP contribution in [0.4, 0.5) is 11.5 Å². The van der Waals surface area contributed by atoms with Gasteiger partial charge < -0.3 is 20.0 Å². The van der Waals surface area contributed by atoms with Crippen molar-refractivity contribution in [3.8, 4) is 0 Å². The number of H-pyrrole nitrogens is 1. The predicted octanol–water partition coefficient (Wildman–Crippen LogP) is 4.21. The lowest BCUT2D eigenvalue weighted by atomic mass is 10.0. The first kappa shape index (κ1) is 23.6. The lowest BCUT2D eigenvalue weighted by Gasteiger charge is -2.40. The highest BCUT2D eigenvalue weighted by Gasteiger charge is 2.27. The summed E-state index contributed by atoms with van der Waals surface area (Å²) < 4.78 is 0. The van der Waals surface area contributed by atoms with E-state index in [-0.39, 0.29) is 17.3 Å². The second-order valence-electron chi connectivity index (χ2n) is 9.27. The Kier molecular flexibility index (Phi) is 6.73. The van der Waals surface area contributed by atoms with Crippen LogP contribution in [-0.4, -0.2) is 43.9 Å². The zero-order chi connectivity index (χ0) is 25.1. The summed E-state index contributed by atoms with van der Waals surface area (Å²) in [4.78, 5) is 40.0. The Hall–Kier alpha value is -4.11. The smallest absolute Gasteiger partial charge is 0.363 e. The molecule has 1 fully saturated rings. The van der Waals surface area contributed by atoms with Crippen molar-refractivity contribution in [1.29, 1.82) is 0 Å². The number of hydrogen-bond acceptors (Lipinski definition) is 7. The monoisotopic (exact) mass is 484 g/mol. The third-order valence-corrected chi connectivity index (χ3v) is 6.78. The van der Waals surface area contributed by atoms with Crippen LogP contribution in [0.5, 0.6) is 0 Å². The van der Waals surface area contributed by atoms with Gasteiger partial charge in [0.05, 0.1) is 5.69 Å². The number of piperidine rings is 1. The van der Waals surface area contributed by atoms with Crippen LogP contribution in [0, 0.1) is 17.0 Å². The van der Waals surface area contributed by atoms with Crippen molar-refractivity contribution < 1.29 is 4.92 Å². The minimum atomic E-state index is -0.484. The summed E-state index contributed by atoms with van der Waals surface area (Å²) in [6.07, 6.45) is 7.19. The fraction of sp³-hybridized carbons (Fsp3) is 0.296. The van der Waals surface area contributed by atoms with Crippen molar-refractivity contribution in [1.82, 2.24) is 19.9 Å². The maximum absolute atomic E-state index is 13.3. The molecule has 1 aliphatic rings. The first-order valence-electron chi connectivity index (χ1n) is 12.1. The quantitative estimate of drug-likeness (QED) is 0.309. The number of aromatic nitrogens is 3. The molecule has 0 aliphatic carbocycles. The van der Waals surface area contributed by atoms with E-state index < -0.39 is 4.92 Å². The molecule has 3 aromatic heterocycles. The summed E-state index contributed by atoms with van der Waals surface area (Å²) in [5, 5.41) is 11.7. The van der Waals surface area contributed by atoms with Crippen LogP contribution in [0.1, 0.15) is 29.7 Å². The highest BCUT2D eigenvalue weighted by molar-refractivity contribution is 5.78. The summed E-state index contributed by atoms with van der Waals surface area (Å²) >= 11 is 0. The molecule has 36 heavy (non-hydrogen) atoms. The van der Waals surface area contributed by atoms with E-state index in [0.717, 1.165) is 54.0 Å². The van der Waals surface area contributed by atoms with Crippen molar-refractivity contribution in [2.24, 2.45) is 0 Å². The number of fused-ring (bicyclic) bond motifs is 1. The summed E-state index contributed by atoms with van der Waals surface area (Å²) in [6, 6.07) is 15.1. The highest BCUT2D eigenvalue weighted by atomic mass is 16.6. The van der Waals surface area contributed by atoms with Crippen LogP contribution in [-0.2, 0) is 13.1 Å². The SMILES string of the molecule is Cc1cc(CN(Cc2c[nH]c3ccccc3c2=O)C2CCCN(c3ccc([N+](=O)[O-])nc3)C2)ccn1. The van der Waals surface area contributed by atoms with Gasteiger partial charge in [0.1, 0.15) is 0 Å². The lowest BCUT2D eigenvalue weighted by molar-refractivity contribution is -0.389. The van der Waals surface area contributed by atoms with E-state index in [1.165, 1.54) is 6.07 Å². The van der Waals surface area contributed by atoms with Crippen LogP contribution in [0.25, 0.3) is 10.9 Å². The van der Waals surface area contributed by atoms with Gasteiger partial charge >= 0.3 is 5.82 Å². The summed E-state index contributed by atoms with van der Waals surface area (Å²) in [7, 11) is 0. The van der Waals surface area contributed by atoms with Crippen molar-refractivity contribution in [2.45, 2.75) is 38.9 Å². The van der Waals surface area contributed by atoms with Gasteiger partial charge in [-0.3, -0.25) is 14.7 Å². The van der Waals surface area contributed by atoms with Crippen molar-refractivity contribution in [3.05, 3.63) is 104 Å². The summed E-state index contributed by atoms with van der Waals surface area (Å²) in [5.41, 5.74) is 4.58. The molecule has 9 heteroatoms. The Bertz CT molecular complexity index is 1440. The zero-order valence-corrected chi connectivity index (χ0v) is 20.1. The second kappa shape index (κ2) is 10.2. The number of hydrogen-bond donors (Lipinski definition) is 1. The van der Waals surface area contributed by atoms with Crippen molar-refractivity contribution >= 4 is 22.4 Å². The zero-order valence-electron chi connectivity index (χ0n) is 20.1. The van der Waals surface area contributed by atoms with Gasteiger partial charge in [-0.25, -0.2) is 0 Å². The maximum Gasteiger partial charge on any atom is 0.363 e. The maximum atomic E-state index is 13.3. The van der Waals surface area contributed by atoms with Crippen molar-refractivity contribution in [2.75, 3.05) is 18.0 Å². The standard InChI is InChI=1S/C27H28N6O3/c1-19-13-20(10-11-28-19)16-32(17-21-14-29-25-7-3-2-6-24(25)27(21)34)23-5-4-12-31(18-23)22-8-9-26(30-15-22)33(35)36/h2-3,6-11,13-15,23H,4-5,12,16-18H2,1H3,(H,29,34). The molecule has 1 aromatic carbocycles. The number of aryl methyl sites for hydroxylation is 1. The molecule has 9 nitrogen and oxygen atoms in total. The lowest BCUT2D eigenvalue weighted by Crippen LogP contribution is -2.48. The van der Waals surface area contributed by atoms with E-state index in [2.05, 4.69) is 30.8 Å². The molecule has 1 N–H and O–H groups in total. The van der Waals surface area contributed by atoms with Crippen LogP contribution in [0.3, 0.4) is 0 Å². The van der Waals surface area contributed by atoms with E-state index in [0.29, 0.717) is 18.5 Å². The first-order chi connectivity index (χ1) is 17.5. The molecule has 4 aromatic rings. The van der Waals surface area contributed by atoms with Gasteiger partial charge in [-0.2, -0.15) is 0 Å². The van der Waals surface area contributed by atoms with Gasteiger partial charge in [0.25, 0.3) is 0 Å². The fourth-order valence-corrected chi connectivity index (χ4v) is 4.96. The normalized spacial score (nSPS) is 15.9. The highest BCUT2D eigenvalue weighted by Crippen LogP contribution is 2.25. The minimum absolute atomic E-state index is 0.0486. The molecule has 0 radical (unpaired) electrons. The molecule has 4 heterocycles. The number of aromatic amines is 1. The molecule has 5 rings (SSSR count). The molecule has 184 valence electrons. The Morgan fingerprint density at radius 3 is 2.81 bits per heavy atom. The minimum Gasteiger partial charge on any atom is -0.367 e. The number of nitrogens with one attached hydrogen (secondary N) is 1. The molecular weight excluding hydrogens is 456 g/mol. The van der Waals surface area contributed by atoms with E-state index in [4.69, 9.17) is 0 Å². The number of anilines is 1. The van der Waals surface area contributed by atoms with Crippen LogP contribution in [0.2, 0.25) is 0 Å². The van der Waals surface area contributed by atoms with Crippen LogP contribution < -0.4 is 10.3 Å². The van der Waals surface area contributed by atoms with Gasteiger partial charge in [0.2, 0.25) is 0 Å². The number of rotatable bonds is 7. The molecule has 1 atom stereocenters. The predicted molar refractivity (Wildman–Crippen MR) is 139 cm³/mol. The van der Waals surface area contributed by atoms with Crippen LogP contribution in [0.15, 0.2) is 71.9 Å².